The van der Waals surface area contributed by atoms with Crippen LogP contribution in [0.4, 0.5) is 0 Å². The van der Waals surface area contributed by atoms with Crippen LogP contribution in [0.2, 0.25) is 0 Å². The van der Waals surface area contributed by atoms with Crippen molar-refractivity contribution in [1.29, 1.82) is 0 Å². The van der Waals surface area contributed by atoms with E-state index in [1.165, 1.54) is 5.92 Å². The van der Waals surface area contributed by atoms with Crippen molar-refractivity contribution in [2.75, 3.05) is 19.6 Å². The van der Waals surface area contributed by atoms with Crippen LogP contribution in [0, 0.1) is 5.92 Å². The molecule has 1 radical (unpaired) electrons. The van der Waals surface area contributed by atoms with Gasteiger partial charge in [-0.05, 0) is 13.1 Å². The minimum absolute atomic E-state index is 0. The third-order valence-corrected chi connectivity index (χ3v) is 1.56. The Labute approximate surface area is 102 Å². The van der Waals surface area contributed by atoms with Crippen LogP contribution in [-0.2, 0) is 53.8 Å². The Morgan fingerprint density at radius 1 is 1.30 bits per heavy atom. The van der Waals surface area contributed by atoms with Gasteiger partial charge >= 0.3 is 0 Å². The van der Waals surface area contributed by atoms with Crippen LogP contribution in [0.3, 0.4) is 0 Å². The normalized spacial score (nSPS) is 18.9. The second kappa shape index (κ2) is 8.81. The molecular weight excluding hydrogens is 373 g/mol. The molecule has 0 aromatic rings. The molecule has 0 amide bonds. The predicted molar refractivity (Wildman–Crippen MR) is 34.5 cm³/mol. The Bertz CT molecular complexity index is 66.8. The molecule has 1 rings (SSSR count). The monoisotopic (exact) mass is 385 g/mol. The molecule has 0 saturated carbocycles. The standard InChI is InChI=1S/C6H12N2.W.Y/c7-5-6-1-3-8-4-2-6;;/h7-8H,1-5H2;;/q-2;;. The van der Waals surface area contributed by atoms with Crippen LogP contribution in [0.5, 0.6) is 0 Å². The van der Waals surface area contributed by atoms with Crippen LogP contribution in [0.25, 0.3) is 5.73 Å². The van der Waals surface area contributed by atoms with Crippen molar-refractivity contribution in [3.8, 4) is 0 Å². The number of rotatable bonds is 1. The van der Waals surface area contributed by atoms with Gasteiger partial charge in [0.2, 0.25) is 0 Å². The maximum Gasteiger partial charge on any atom is 0 e. The molecule has 1 aliphatic rings. The second-order valence-corrected chi connectivity index (χ2v) is 2.18. The third-order valence-electron chi connectivity index (χ3n) is 1.56. The fourth-order valence-corrected chi connectivity index (χ4v) is 0.957. The molecule has 1 heterocycles. The van der Waals surface area contributed by atoms with Crippen molar-refractivity contribution in [3.05, 3.63) is 11.7 Å². The van der Waals surface area contributed by atoms with E-state index in [2.05, 4.69) is 5.32 Å². The Morgan fingerprint density at radius 3 is 2.10 bits per heavy atom. The number of hydrogen-bond acceptors (Lipinski definition) is 1. The molecule has 0 unspecified atom stereocenters. The molecule has 2 nitrogen and oxygen atoms in total. The first kappa shape index (κ1) is 14.2. The van der Waals surface area contributed by atoms with E-state index >= 15 is 0 Å². The molecule has 2 N–H and O–H groups in total. The van der Waals surface area contributed by atoms with Crippen molar-refractivity contribution >= 4 is 0 Å². The minimum Gasteiger partial charge on any atom is -0.703 e. The molecular formula is C6H12N2WY-2. The van der Waals surface area contributed by atoms with E-state index in [0.29, 0.717) is 6.54 Å². The molecule has 0 aromatic carbocycles. The van der Waals surface area contributed by atoms with Gasteiger partial charge in [-0.3, -0.25) is 6.54 Å². The van der Waals surface area contributed by atoms with E-state index in [4.69, 9.17) is 5.73 Å². The van der Waals surface area contributed by atoms with Gasteiger partial charge in [0, 0.05) is 53.8 Å². The summed E-state index contributed by atoms with van der Waals surface area (Å²) in [5.41, 5.74) is 7.03. The maximum atomic E-state index is 7.03. The van der Waals surface area contributed by atoms with Crippen LogP contribution in [0.15, 0.2) is 0 Å². The van der Waals surface area contributed by atoms with Gasteiger partial charge < -0.3 is 17.0 Å². The largest absolute Gasteiger partial charge is 0.703 e. The van der Waals surface area contributed by atoms with Gasteiger partial charge in [-0.25, -0.2) is 0 Å². The van der Waals surface area contributed by atoms with Crippen molar-refractivity contribution in [3.63, 3.8) is 0 Å². The summed E-state index contributed by atoms with van der Waals surface area (Å²) in [5.74, 6) is 1.41. The quantitative estimate of drug-likeness (QED) is 0.672. The van der Waals surface area contributed by atoms with Gasteiger partial charge in [-0.1, -0.05) is 0 Å². The molecule has 1 aliphatic heterocycles. The number of nitrogens with one attached hydrogen (secondary N) is 2. The van der Waals surface area contributed by atoms with E-state index in [0.717, 1.165) is 25.9 Å². The molecule has 1 fully saturated rings. The molecule has 0 bridgehead atoms. The van der Waals surface area contributed by atoms with Gasteiger partial charge in [0.25, 0.3) is 0 Å². The van der Waals surface area contributed by atoms with E-state index in [-0.39, 0.29) is 53.8 Å². The molecule has 1 saturated heterocycles. The van der Waals surface area contributed by atoms with E-state index < -0.39 is 0 Å². The first-order valence-corrected chi connectivity index (χ1v) is 3.12. The summed E-state index contributed by atoms with van der Waals surface area (Å²) in [6, 6.07) is 0. The average molecular weight is 385 g/mol. The van der Waals surface area contributed by atoms with Gasteiger partial charge in [-0.15, -0.1) is 0 Å². The summed E-state index contributed by atoms with van der Waals surface area (Å²) in [6.07, 6.45) is 2.26. The van der Waals surface area contributed by atoms with Gasteiger partial charge in [0.15, 0.2) is 0 Å². The van der Waals surface area contributed by atoms with Crippen LogP contribution in [0.1, 0.15) is 12.8 Å². The molecule has 0 spiro atoms. The van der Waals surface area contributed by atoms with E-state index in [1.807, 2.05) is 0 Å². The molecule has 10 heavy (non-hydrogen) atoms. The van der Waals surface area contributed by atoms with Crippen molar-refractivity contribution < 1.29 is 53.8 Å². The third kappa shape index (κ3) is 5.37. The summed E-state index contributed by atoms with van der Waals surface area (Å²) >= 11 is 0. The Kier molecular flexibility index (Phi) is 12.5. The van der Waals surface area contributed by atoms with E-state index in [9.17, 15) is 0 Å². The van der Waals surface area contributed by atoms with Crippen LogP contribution >= 0.6 is 0 Å². The number of hydrogen-bond donors (Lipinski definition) is 1. The Balaban J connectivity index is 0. The van der Waals surface area contributed by atoms with Gasteiger partial charge in [0.1, 0.15) is 0 Å². The molecule has 4 heteroatoms. The first-order chi connectivity index (χ1) is 3.93. The Hall–Kier alpha value is 1.71. The maximum absolute atomic E-state index is 7.03. The smallest absolute Gasteiger partial charge is 0 e. The fraction of sp³-hybridized carbons (Fsp3) is 0.833. The zero-order valence-corrected chi connectivity index (χ0v) is 11.8. The molecule has 0 aliphatic carbocycles. The molecule has 0 atom stereocenters. The number of piperidine rings is 1. The second-order valence-electron chi connectivity index (χ2n) is 2.18. The van der Waals surface area contributed by atoms with Crippen LogP contribution < -0.4 is 5.32 Å². The van der Waals surface area contributed by atoms with E-state index in [1.54, 1.807) is 0 Å². The summed E-state index contributed by atoms with van der Waals surface area (Å²) in [4.78, 5) is 0. The SMILES string of the molecule is [NH-]C[C-]1CCNCC1.[W].[Y]. The fourth-order valence-electron chi connectivity index (χ4n) is 0.957. The molecule has 0 aromatic heterocycles. The van der Waals surface area contributed by atoms with Crippen molar-refractivity contribution in [2.24, 2.45) is 0 Å². The zero-order chi connectivity index (χ0) is 5.82. The first-order valence-electron chi connectivity index (χ1n) is 3.12. The summed E-state index contributed by atoms with van der Waals surface area (Å²) in [7, 11) is 0. The zero-order valence-electron chi connectivity index (χ0n) is 6.02. The van der Waals surface area contributed by atoms with Gasteiger partial charge in [0.05, 0.1) is 0 Å². The van der Waals surface area contributed by atoms with Crippen molar-refractivity contribution in [1.82, 2.24) is 5.32 Å². The van der Waals surface area contributed by atoms with Crippen molar-refractivity contribution in [2.45, 2.75) is 12.8 Å². The predicted octanol–water partition coefficient (Wildman–Crippen LogP) is 0.991. The summed E-state index contributed by atoms with van der Waals surface area (Å²) in [6.45, 7) is 2.73. The molecule has 57 valence electrons. The van der Waals surface area contributed by atoms with Gasteiger partial charge in [-0.2, -0.15) is 12.8 Å². The summed E-state index contributed by atoms with van der Waals surface area (Å²) in [5, 5.41) is 3.24. The summed E-state index contributed by atoms with van der Waals surface area (Å²) < 4.78 is 0. The topological polar surface area (TPSA) is 35.8 Å². The average Bonchev–Trinajstić information content (AvgIpc) is 1.90. The Morgan fingerprint density at radius 2 is 1.80 bits per heavy atom. The minimum atomic E-state index is 0. The van der Waals surface area contributed by atoms with Crippen LogP contribution in [-0.4, -0.2) is 19.6 Å².